The molecule has 1 aliphatic heterocycles. The van der Waals surface area contributed by atoms with Crippen LogP contribution in [0.15, 0.2) is 53.6 Å². The van der Waals surface area contributed by atoms with E-state index in [-0.39, 0.29) is 11.5 Å². The molecule has 7 heteroatoms. The summed E-state index contributed by atoms with van der Waals surface area (Å²) < 4.78 is 0. The van der Waals surface area contributed by atoms with E-state index in [9.17, 15) is 14.9 Å². The first kappa shape index (κ1) is 19.3. The number of piperidine rings is 1. The van der Waals surface area contributed by atoms with Crippen LogP contribution in [0.1, 0.15) is 11.1 Å². The predicted molar refractivity (Wildman–Crippen MR) is 108 cm³/mol. The highest BCUT2D eigenvalue weighted by Crippen LogP contribution is 2.26. The van der Waals surface area contributed by atoms with Gasteiger partial charge in [-0.15, -0.1) is 0 Å². The maximum Gasteiger partial charge on any atom is 0.270 e. The van der Waals surface area contributed by atoms with E-state index >= 15 is 0 Å². The van der Waals surface area contributed by atoms with Crippen LogP contribution in [0.4, 0.5) is 5.69 Å². The summed E-state index contributed by atoms with van der Waals surface area (Å²) in [5, 5.41) is 12.0. The van der Waals surface area contributed by atoms with Gasteiger partial charge in [0.1, 0.15) is 0 Å². The van der Waals surface area contributed by atoms with E-state index in [0.717, 1.165) is 5.56 Å². The minimum absolute atomic E-state index is 0.00956. The second-order valence-electron chi connectivity index (χ2n) is 6.36. The lowest BCUT2D eigenvalue weighted by Crippen LogP contribution is -2.34. The number of non-ortho nitro benzene ring substituents is 1. The highest BCUT2D eigenvalue weighted by atomic mass is 35.5. The fourth-order valence-electron chi connectivity index (χ4n) is 2.95. The monoisotopic (exact) mass is 402 g/mol. The molecule has 1 heterocycles. The summed E-state index contributed by atoms with van der Waals surface area (Å²) in [6.07, 6.45) is 3.46. The molecule has 0 saturated carbocycles. The van der Waals surface area contributed by atoms with E-state index in [1.807, 2.05) is 11.9 Å². The first-order valence-electron chi connectivity index (χ1n) is 8.17. The number of carbonyl (C=O) groups is 1. The van der Waals surface area contributed by atoms with Crippen molar-refractivity contribution < 1.29 is 9.72 Å². The van der Waals surface area contributed by atoms with E-state index in [2.05, 4.69) is 0 Å². The molecular formula is C20H16Cl2N2O3. The number of Topliss-reactive ketones (excluding diaryl/α,β-unsaturated/α-hetero) is 1. The summed E-state index contributed by atoms with van der Waals surface area (Å²) in [4.78, 5) is 25.4. The highest BCUT2D eigenvalue weighted by Gasteiger charge is 2.24. The average molecular weight is 403 g/mol. The first-order valence-corrected chi connectivity index (χ1v) is 8.93. The average Bonchev–Trinajstić information content (AvgIpc) is 2.61. The molecule has 138 valence electrons. The van der Waals surface area contributed by atoms with Crippen LogP contribution in [0, 0.1) is 10.1 Å². The van der Waals surface area contributed by atoms with Gasteiger partial charge in [0.05, 0.1) is 4.92 Å². The third-order valence-electron chi connectivity index (χ3n) is 4.18. The van der Waals surface area contributed by atoms with Crippen molar-refractivity contribution in [3.63, 3.8) is 0 Å². The predicted octanol–water partition coefficient (Wildman–Crippen LogP) is 4.88. The second-order valence-corrected chi connectivity index (χ2v) is 7.20. The number of benzene rings is 2. The van der Waals surface area contributed by atoms with Crippen LogP contribution in [0.3, 0.4) is 0 Å². The molecule has 0 N–H and O–H groups in total. The van der Waals surface area contributed by atoms with Crippen LogP contribution in [0.2, 0.25) is 10.0 Å². The molecule has 0 amide bonds. The first-order chi connectivity index (χ1) is 12.8. The summed E-state index contributed by atoms with van der Waals surface area (Å²) in [5.41, 5.74) is 2.50. The molecule has 0 unspecified atom stereocenters. The Hall–Kier alpha value is -2.47. The lowest BCUT2D eigenvalue weighted by atomic mass is 9.94. The van der Waals surface area contributed by atoms with Gasteiger partial charge in [0.15, 0.2) is 5.78 Å². The number of likely N-dealkylation sites (tertiary alicyclic amines) is 1. The van der Waals surface area contributed by atoms with Crippen molar-refractivity contribution in [1.82, 2.24) is 4.90 Å². The van der Waals surface area contributed by atoms with E-state index in [4.69, 9.17) is 23.2 Å². The van der Waals surface area contributed by atoms with Gasteiger partial charge in [-0.05, 0) is 42.5 Å². The number of nitro groups is 1. The maximum atomic E-state index is 12.9. The molecule has 1 saturated heterocycles. The molecule has 3 rings (SSSR count). The Labute approximate surface area is 166 Å². The number of rotatable bonds is 3. The molecule has 1 aliphatic rings. The highest BCUT2D eigenvalue weighted by molar-refractivity contribution is 6.35. The lowest BCUT2D eigenvalue weighted by Gasteiger charge is -2.26. The van der Waals surface area contributed by atoms with Gasteiger partial charge in [-0.3, -0.25) is 19.8 Å². The van der Waals surface area contributed by atoms with Gasteiger partial charge < -0.3 is 0 Å². The van der Waals surface area contributed by atoms with Gasteiger partial charge in [0.25, 0.3) is 5.69 Å². The summed E-state index contributed by atoms with van der Waals surface area (Å²) in [6.45, 7) is 0.956. The van der Waals surface area contributed by atoms with E-state index in [0.29, 0.717) is 39.8 Å². The van der Waals surface area contributed by atoms with Crippen LogP contribution in [0.5, 0.6) is 0 Å². The number of hydrogen-bond donors (Lipinski definition) is 0. The van der Waals surface area contributed by atoms with Crippen molar-refractivity contribution in [2.45, 2.75) is 0 Å². The third kappa shape index (κ3) is 4.63. The summed E-state index contributed by atoms with van der Waals surface area (Å²) in [5.74, 6) is -0.0920. The topological polar surface area (TPSA) is 63.4 Å². The summed E-state index contributed by atoms with van der Waals surface area (Å²) in [6, 6.07) is 11.3. The van der Waals surface area contributed by atoms with Crippen LogP contribution >= 0.6 is 23.2 Å². The molecule has 2 aromatic carbocycles. The molecular weight excluding hydrogens is 387 g/mol. The molecule has 1 fully saturated rings. The van der Waals surface area contributed by atoms with Crippen molar-refractivity contribution in [3.05, 3.63) is 84.9 Å². The standard InChI is InChI=1S/C20H16Cl2N2O3/c1-23-11-15(7-13-3-2-4-18(8-13)24(26)27)20(25)16(12-23)9-14-5-6-17(21)10-19(14)22/h2-10H,11-12H2,1H3/b15-7+,16-9+. The Morgan fingerprint density at radius 1 is 1.07 bits per heavy atom. The number of halogens is 2. The lowest BCUT2D eigenvalue weighted by molar-refractivity contribution is -0.384. The van der Waals surface area contributed by atoms with Gasteiger partial charge >= 0.3 is 0 Å². The van der Waals surface area contributed by atoms with Gasteiger partial charge in [-0.25, -0.2) is 0 Å². The zero-order chi connectivity index (χ0) is 19.6. The Balaban J connectivity index is 1.96. The van der Waals surface area contributed by atoms with Gasteiger partial charge in [-0.1, -0.05) is 41.4 Å². The zero-order valence-corrected chi connectivity index (χ0v) is 16.0. The number of carbonyl (C=O) groups excluding carboxylic acids is 1. The Bertz CT molecular complexity index is 983. The van der Waals surface area contributed by atoms with Crippen molar-refractivity contribution in [3.8, 4) is 0 Å². The normalized spacial score (nSPS) is 18.3. The molecule has 0 bridgehead atoms. The van der Waals surface area contributed by atoms with Crippen molar-refractivity contribution in [2.75, 3.05) is 20.1 Å². The summed E-state index contributed by atoms with van der Waals surface area (Å²) >= 11 is 12.1. The third-order valence-corrected chi connectivity index (χ3v) is 4.74. The maximum absolute atomic E-state index is 12.9. The van der Waals surface area contributed by atoms with Crippen LogP contribution in [-0.2, 0) is 4.79 Å². The Kier molecular flexibility index (Phi) is 5.75. The van der Waals surface area contributed by atoms with Crippen molar-refractivity contribution >= 4 is 46.8 Å². The number of ketones is 1. The van der Waals surface area contributed by atoms with Crippen LogP contribution < -0.4 is 0 Å². The number of likely N-dealkylation sites (N-methyl/N-ethyl adjacent to an activating group) is 1. The molecule has 27 heavy (non-hydrogen) atoms. The summed E-state index contributed by atoms with van der Waals surface area (Å²) in [7, 11) is 1.91. The fourth-order valence-corrected chi connectivity index (χ4v) is 3.41. The molecule has 0 spiro atoms. The zero-order valence-electron chi connectivity index (χ0n) is 14.5. The van der Waals surface area contributed by atoms with E-state index in [1.165, 1.54) is 12.1 Å². The van der Waals surface area contributed by atoms with Crippen molar-refractivity contribution in [2.24, 2.45) is 0 Å². The smallest absolute Gasteiger partial charge is 0.270 e. The molecule has 0 aliphatic carbocycles. The molecule has 0 aromatic heterocycles. The Morgan fingerprint density at radius 3 is 2.44 bits per heavy atom. The largest absolute Gasteiger partial charge is 0.298 e. The SMILES string of the molecule is CN1C/C(=C\c2cccc([N+](=O)[O-])c2)C(=O)/C(=C/c2ccc(Cl)cc2Cl)C1. The van der Waals surface area contributed by atoms with Gasteiger partial charge in [-0.2, -0.15) is 0 Å². The van der Waals surface area contributed by atoms with Crippen LogP contribution in [0.25, 0.3) is 12.2 Å². The molecule has 2 aromatic rings. The van der Waals surface area contributed by atoms with Crippen LogP contribution in [-0.4, -0.2) is 35.7 Å². The number of hydrogen-bond acceptors (Lipinski definition) is 4. The minimum Gasteiger partial charge on any atom is -0.298 e. The van der Waals surface area contributed by atoms with E-state index < -0.39 is 4.92 Å². The second kappa shape index (κ2) is 8.05. The quantitative estimate of drug-likeness (QED) is 0.416. The molecule has 5 nitrogen and oxygen atoms in total. The molecule has 0 atom stereocenters. The minimum atomic E-state index is -0.454. The van der Waals surface area contributed by atoms with Crippen molar-refractivity contribution in [1.29, 1.82) is 0 Å². The molecule has 0 radical (unpaired) electrons. The van der Waals surface area contributed by atoms with Gasteiger partial charge in [0.2, 0.25) is 0 Å². The number of nitro benzene ring substituents is 1. The van der Waals surface area contributed by atoms with E-state index in [1.54, 1.807) is 42.5 Å². The Morgan fingerprint density at radius 2 is 1.78 bits per heavy atom. The fraction of sp³-hybridized carbons (Fsp3) is 0.150. The number of nitrogens with zero attached hydrogens (tertiary/aromatic N) is 2. The van der Waals surface area contributed by atoms with Gasteiger partial charge in [0, 0.05) is 46.4 Å².